The van der Waals surface area contributed by atoms with E-state index in [9.17, 15) is 5.11 Å². The predicted molar refractivity (Wildman–Crippen MR) is 83.6 cm³/mol. The molecule has 20 heavy (non-hydrogen) atoms. The van der Waals surface area contributed by atoms with Gasteiger partial charge in [-0.2, -0.15) is 0 Å². The van der Waals surface area contributed by atoms with Crippen LogP contribution in [0.15, 0.2) is 16.6 Å². The fourth-order valence-electron chi connectivity index (χ4n) is 2.20. The highest BCUT2D eigenvalue weighted by molar-refractivity contribution is 9.10. The normalized spacial score (nSPS) is 22.1. The highest BCUT2D eigenvalue weighted by Crippen LogP contribution is 2.41. The smallest absolute Gasteiger partial charge is 0.480 e. The van der Waals surface area contributed by atoms with Crippen molar-refractivity contribution in [1.82, 2.24) is 0 Å². The molecule has 0 amide bonds. The van der Waals surface area contributed by atoms with Crippen LogP contribution >= 0.6 is 15.9 Å². The minimum atomic E-state index is -0.584. The second-order valence-electron chi connectivity index (χ2n) is 6.31. The molecular weight excluding hydrogens is 321 g/mol. The van der Waals surface area contributed by atoms with Gasteiger partial charge in [-0.1, -0.05) is 15.9 Å². The van der Waals surface area contributed by atoms with Gasteiger partial charge in [-0.3, -0.25) is 0 Å². The summed E-state index contributed by atoms with van der Waals surface area (Å²) in [6.07, 6.45) is 0. The van der Waals surface area contributed by atoms with Gasteiger partial charge in [0.25, 0.3) is 0 Å². The quantitative estimate of drug-likeness (QED) is 0.811. The van der Waals surface area contributed by atoms with Gasteiger partial charge in [-0.05, 0) is 52.3 Å². The summed E-state index contributed by atoms with van der Waals surface area (Å²) in [7, 11) is -0.584. The van der Waals surface area contributed by atoms with Gasteiger partial charge in [0.15, 0.2) is 0 Å². The Kier molecular flexibility index (Phi) is 3.97. The Morgan fingerprint density at radius 2 is 1.70 bits per heavy atom. The average molecular weight is 342 g/mol. The van der Waals surface area contributed by atoms with Crippen LogP contribution in [0.25, 0.3) is 0 Å². The van der Waals surface area contributed by atoms with Crippen molar-refractivity contribution < 1.29 is 14.4 Å². The third kappa shape index (κ3) is 2.62. The predicted octanol–water partition coefficient (Wildman–Crippen LogP) is 3.09. The van der Waals surface area contributed by atoms with Gasteiger partial charge < -0.3 is 20.1 Å². The molecule has 4 nitrogen and oxygen atoms in total. The summed E-state index contributed by atoms with van der Waals surface area (Å²) in [4.78, 5) is 0. The van der Waals surface area contributed by atoms with E-state index in [2.05, 4.69) is 15.9 Å². The summed E-state index contributed by atoms with van der Waals surface area (Å²) in [5.74, 6) is -0.359. The Labute approximate surface area is 128 Å². The molecule has 0 radical (unpaired) electrons. The molecule has 1 fully saturated rings. The first-order valence-corrected chi connectivity index (χ1v) is 7.45. The Morgan fingerprint density at radius 1 is 1.20 bits per heavy atom. The van der Waals surface area contributed by atoms with E-state index in [0.29, 0.717) is 5.56 Å². The zero-order valence-electron chi connectivity index (χ0n) is 12.5. The second kappa shape index (κ2) is 5.02. The summed E-state index contributed by atoms with van der Waals surface area (Å²) < 4.78 is 12.8. The van der Waals surface area contributed by atoms with Gasteiger partial charge in [0, 0.05) is 10.0 Å². The van der Waals surface area contributed by atoms with E-state index in [-0.39, 0.29) is 5.75 Å². The first kappa shape index (κ1) is 15.8. The molecule has 1 aromatic carbocycles. The van der Waals surface area contributed by atoms with Crippen LogP contribution < -0.4 is 5.73 Å². The zero-order valence-corrected chi connectivity index (χ0v) is 14.1. The molecule has 1 aliphatic heterocycles. The Balaban J connectivity index is 2.32. The molecule has 0 spiro atoms. The Bertz CT molecular complexity index is 517. The highest BCUT2D eigenvalue weighted by Gasteiger charge is 2.53. The maximum Gasteiger partial charge on any atom is 0.480 e. The third-order valence-electron chi connectivity index (χ3n) is 4.22. The van der Waals surface area contributed by atoms with Crippen molar-refractivity contribution in [2.24, 2.45) is 5.73 Å². The molecule has 1 heterocycles. The summed E-state index contributed by atoms with van der Waals surface area (Å²) in [5, 5.41) is 10.2. The second-order valence-corrected chi connectivity index (χ2v) is 7.23. The number of phenols is 1. The third-order valence-corrected chi connectivity index (χ3v) is 4.68. The maximum atomic E-state index is 10.2. The lowest BCUT2D eigenvalue weighted by Crippen LogP contribution is -2.41. The first-order chi connectivity index (χ1) is 9.05. The van der Waals surface area contributed by atoms with Crippen LogP contribution in [0.2, 0.25) is 0 Å². The molecular formula is C14H21BBrNO3. The summed E-state index contributed by atoms with van der Waals surface area (Å²) >= 11 is 3.42. The number of phenolic OH excluding ortho intramolecular Hbond substituents is 1. The van der Waals surface area contributed by atoms with E-state index < -0.39 is 24.3 Å². The van der Waals surface area contributed by atoms with E-state index >= 15 is 0 Å². The molecule has 1 aliphatic rings. The zero-order chi connectivity index (χ0) is 15.3. The van der Waals surface area contributed by atoms with E-state index in [1.54, 1.807) is 6.07 Å². The molecule has 1 aromatic rings. The molecule has 6 heteroatoms. The lowest BCUT2D eigenvalue weighted by Gasteiger charge is -2.32. The number of nitrogens with two attached hydrogens (primary N) is 1. The lowest BCUT2D eigenvalue weighted by atomic mass is 9.74. The van der Waals surface area contributed by atoms with Crippen molar-refractivity contribution in [2.45, 2.75) is 51.8 Å². The van der Waals surface area contributed by atoms with E-state index in [1.165, 1.54) is 0 Å². The average Bonchev–Trinajstić information content (AvgIpc) is 2.52. The van der Waals surface area contributed by atoms with E-state index in [4.69, 9.17) is 15.0 Å². The first-order valence-electron chi connectivity index (χ1n) is 6.65. The summed E-state index contributed by atoms with van der Waals surface area (Å²) in [6.45, 7) is 9.75. The van der Waals surface area contributed by atoms with Gasteiger partial charge in [-0.25, -0.2) is 0 Å². The van der Waals surface area contributed by atoms with E-state index in [0.717, 1.165) is 10.0 Å². The molecule has 110 valence electrons. The van der Waals surface area contributed by atoms with Crippen molar-refractivity contribution in [2.75, 3.05) is 0 Å². The molecule has 1 atom stereocenters. The van der Waals surface area contributed by atoms with Crippen molar-refractivity contribution in [3.05, 3.63) is 27.7 Å². The van der Waals surface area contributed by atoms with Crippen LogP contribution in [-0.4, -0.2) is 23.4 Å². The minimum Gasteiger partial charge on any atom is -0.507 e. The van der Waals surface area contributed by atoms with E-state index in [1.807, 2.05) is 40.7 Å². The van der Waals surface area contributed by atoms with Gasteiger partial charge >= 0.3 is 7.12 Å². The number of hydrogen-bond donors (Lipinski definition) is 2. The monoisotopic (exact) mass is 341 g/mol. The minimum absolute atomic E-state index is 0.190. The number of hydrogen-bond acceptors (Lipinski definition) is 4. The number of aryl methyl sites for hydroxylation is 1. The van der Waals surface area contributed by atoms with Crippen molar-refractivity contribution in [3.63, 3.8) is 0 Å². The highest BCUT2D eigenvalue weighted by atomic mass is 79.9. The van der Waals surface area contributed by atoms with Crippen LogP contribution in [0.3, 0.4) is 0 Å². The number of rotatable bonds is 2. The van der Waals surface area contributed by atoms with Gasteiger partial charge in [0.05, 0.1) is 17.1 Å². The molecule has 3 N–H and O–H groups in total. The van der Waals surface area contributed by atoms with Crippen molar-refractivity contribution in [1.29, 1.82) is 0 Å². The molecule has 0 aromatic heterocycles. The summed E-state index contributed by atoms with van der Waals surface area (Å²) in [6, 6.07) is 3.65. The molecule has 0 saturated carbocycles. The number of benzene rings is 1. The fourth-order valence-corrected chi connectivity index (χ4v) is 2.79. The topological polar surface area (TPSA) is 64.7 Å². The van der Waals surface area contributed by atoms with Crippen LogP contribution in [0.1, 0.15) is 44.8 Å². The van der Waals surface area contributed by atoms with Crippen LogP contribution in [0, 0.1) is 6.92 Å². The molecule has 0 aliphatic carbocycles. The lowest BCUT2D eigenvalue weighted by molar-refractivity contribution is 0.00578. The molecule has 1 unspecified atom stereocenters. The largest absolute Gasteiger partial charge is 0.507 e. The van der Waals surface area contributed by atoms with Crippen LogP contribution in [0.5, 0.6) is 5.75 Å². The van der Waals surface area contributed by atoms with Crippen LogP contribution in [-0.2, 0) is 9.31 Å². The van der Waals surface area contributed by atoms with Crippen LogP contribution in [0.4, 0.5) is 0 Å². The van der Waals surface area contributed by atoms with Gasteiger partial charge in [0.2, 0.25) is 0 Å². The molecule has 0 bridgehead atoms. The Morgan fingerprint density at radius 3 is 2.20 bits per heavy atom. The van der Waals surface area contributed by atoms with Crippen molar-refractivity contribution in [3.8, 4) is 5.75 Å². The van der Waals surface area contributed by atoms with Gasteiger partial charge in [-0.15, -0.1) is 0 Å². The summed E-state index contributed by atoms with van der Waals surface area (Å²) in [5.41, 5.74) is 6.76. The molecule has 1 saturated heterocycles. The fraction of sp³-hybridized carbons (Fsp3) is 0.571. The maximum absolute atomic E-state index is 10.2. The SMILES string of the molecule is Cc1cc(Br)cc(C(N)B2OC(C)(C)C(C)(C)O2)c1O. The van der Waals surface area contributed by atoms with Crippen molar-refractivity contribution >= 4 is 23.0 Å². The molecule has 2 rings (SSSR count). The van der Waals surface area contributed by atoms with Gasteiger partial charge in [0.1, 0.15) is 5.75 Å². The number of aromatic hydroxyl groups is 1. The number of halogens is 1. The Hall–Kier alpha value is -0.555. The standard InChI is InChI=1S/C14H21BBrNO3/c1-8-6-9(16)7-10(11(8)18)12(17)15-19-13(2,3)14(4,5)20-15/h6-7,12,18H,17H2,1-5H3.